The van der Waals surface area contributed by atoms with E-state index in [1.165, 1.54) is 38.5 Å². The van der Waals surface area contributed by atoms with Crippen LogP contribution in [-0.2, 0) is 4.74 Å². The molecule has 0 bridgehead atoms. The number of nitrogens with zero attached hydrogens (tertiary/aromatic N) is 3. The highest BCUT2D eigenvalue weighted by Crippen LogP contribution is 2.51. The van der Waals surface area contributed by atoms with Gasteiger partial charge in [-0.05, 0) is 102 Å². The quantitative estimate of drug-likeness (QED) is 0.713. The van der Waals surface area contributed by atoms with Crippen molar-refractivity contribution in [3.8, 4) is 0 Å². The molecule has 3 amide bonds. The van der Waals surface area contributed by atoms with Crippen molar-refractivity contribution in [1.82, 2.24) is 20.0 Å². The third-order valence-corrected chi connectivity index (χ3v) is 9.36. The number of carbonyl (C=O) groups is 2. The molecule has 0 unspecified atom stereocenters. The van der Waals surface area contributed by atoms with E-state index in [0.29, 0.717) is 30.0 Å². The summed E-state index contributed by atoms with van der Waals surface area (Å²) in [6, 6.07) is 1.30. The lowest BCUT2D eigenvalue weighted by Gasteiger charge is -2.52. The van der Waals surface area contributed by atoms with Crippen molar-refractivity contribution in [2.45, 2.75) is 95.7 Å². The van der Waals surface area contributed by atoms with Gasteiger partial charge in [-0.3, -0.25) is 0 Å². The van der Waals surface area contributed by atoms with Crippen LogP contribution >= 0.6 is 0 Å². The van der Waals surface area contributed by atoms with E-state index in [0.717, 1.165) is 58.4 Å². The molecule has 1 N–H and O–H groups in total. The lowest BCUT2D eigenvalue weighted by atomic mass is 9.64. The fourth-order valence-corrected chi connectivity index (χ4v) is 7.20. The van der Waals surface area contributed by atoms with E-state index in [1.54, 1.807) is 0 Å². The standard InChI is InChI=1S/C25H42N4O3/c1-3-32-23(31)28-15-11-25(18-28)16-20(17-25)27-13-7-19(8-14-27)21-6-4-12-29(21)22(30)26-24(2)9-5-10-24/h19-21H,3-18H2,1-2H3,(H,26,30)/t20?,21-,25?/m0/s1. The molecule has 0 aromatic rings. The van der Waals surface area contributed by atoms with Gasteiger partial charge in [-0.15, -0.1) is 0 Å². The van der Waals surface area contributed by atoms with E-state index in [2.05, 4.69) is 22.0 Å². The number of hydrogen-bond donors (Lipinski definition) is 1. The number of rotatable bonds is 4. The maximum atomic E-state index is 13.0. The van der Waals surface area contributed by atoms with E-state index in [4.69, 9.17) is 4.74 Å². The van der Waals surface area contributed by atoms with Crippen molar-refractivity contribution in [3.63, 3.8) is 0 Å². The summed E-state index contributed by atoms with van der Waals surface area (Å²) in [5.74, 6) is 0.647. The van der Waals surface area contributed by atoms with Gasteiger partial charge < -0.3 is 24.8 Å². The minimum Gasteiger partial charge on any atom is -0.450 e. The van der Waals surface area contributed by atoms with Gasteiger partial charge in [-0.25, -0.2) is 9.59 Å². The molecular weight excluding hydrogens is 404 g/mol. The van der Waals surface area contributed by atoms with Crippen LogP contribution < -0.4 is 5.32 Å². The number of piperidine rings is 1. The topological polar surface area (TPSA) is 65.1 Å². The average molecular weight is 447 g/mol. The monoisotopic (exact) mass is 446 g/mol. The molecule has 0 aromatic carbocycles. The highest BCUT2D eigenvalue weighted by molar-refractivity contribution is 5.76. The molecule has 1 spiro atoms. The van der Waals surface area contributed by atoms with E-state index in [1.807, 2.05) is 11.8 Å². The lowest BCUT2D eigenvalue weighted by molar-refractivity contribution is -0.0146. The van der Waals surface area contributed by atoms with Crippen LogP contribution in [0.5, 0.6) is 0 Å². The molecule has 3 heterocycles. The van der Waals surface area contributed by atoms with E-state index >= 15 is 0 Å². The van der Waals surface area contributed by atoms with E-state index < -0.39 is 0 Å². The minimum absolute atomic E-state index is 0.0386. The van der Waals surface area contributed by atoms with Gasteiger partial charge >= 0.3 is 12.1 Å². The van der Waals surface area contributed by atoms with Gasteiger partial charge in [-0.1, -0.05) is 0 Å². The zero-order valence-electron chi connectivity index (χ0n) is 20.1. The Morgan fingerprint density at radius 3 is 2.41 bits per heavy atom. The molecular formula is C25H42N4O3. The summed E-state index contributed by atoms with van der Waals surface area (Å²) in [5, 5.41) is 3.34. The largest absolute Gasteiger partial charge is 0.450 e. The predicted molar refractivity (Wildman–Crippen MR) is 123 cm³/mol. The van der Waals surface area contributed by atoms with Gasteiger partial charge in [0.2, 0.25) is 0 Å². The molecule has 5 rings (SSSR count). The van der Waals surface area contributed by atoms with Crippen LogP contribution in [0.2, 0.25) is 0 Å². The number of amides is 3. The summed E-state index contributed by atoms with van der Waals surface area (Å²) in [6.07, 6.45) is 11.7. The van der Waals surface area contributed by atoms with Crippen LogP contribution in [0.25, 0.3) is 0 Å². The smallest absolute Gasteiger partial charge is 0.409 e. The van der Waals surface area contributed by atoms with Gasteiger partial charge in [0, 0.05) is 37.3 Å². The Labute approximate surface area is 193 Å². The number of urea groups is 1. The van der Waals surface area contributed by atoms with Crippen molar-refractivity contribution < 1.29 is 14.3 Å². The maximum Gasteiger partial charge on any atom is 0.409 e. The lowest BCUT2D eigenvalue weighted by Crippen LogP contribution is -2.58. The van der Waals surface area contributed by atoms with E-state index in [-0.39, 0.29) is 17.7 Å². The molecule has 2 saturated carbocycles. The summed E-state index contributed by atoms with van der Waals surface area (Å²) in [6.45, 7) is 9.51. The second kappa shape index (κ2) is 8.69. The third kappa shape index (κ3) is 4.22. The van der Waals surface area contributed by atoms with Crippen molar-refractivity contribution in [3.05, 3.63) is 0 Å². The van der Waals surface area contributed by atoms with Gasteiger partial charge in [-0.2, -0.15) is 0 Å². The first kappa shape index (κ1) is 22.3. The van der Waals surface area contributed by atoms with Gasteiger partial charge in [0.25, 0.3) is 0 Å². The Balaban J connectivity index is 1.08. The first-order chi connectivity index (χ1) is 15.4. The van der Waals surface area contributed by atoms with Crippen molar-refractivity contribution >= 4 is 12.1 Å². The second-order valence-corrected chi connectivity index (χ2v) is 11.6. The number of hydrogen-bond acceptors (Lipinski definition) is 4. The molecule has 32 heavy (non-hydrogen) atoms. The summed E-state index contributed by atoms with van der Waals surface area (Å²) < 4.78 is 5.20. The predicted octanol–water partition coefficient (Wildman–Crippen LogP) is 3.83. The molecule has 5 fully saturated rings. The zero-order chi connectivity index (χ0) is 22.3. The Hall–Kier alpha value is -1.50. The molecule has 3 aliphatic heterocycles. The highest BCUT2D eigenvalue weighted by Gasteiger charge is 2.52. The van der Waals surface area contributed by atoms with Crippen LogP contribution in [-0.4, -0.2) is 83.8 Å². The average Bonchev–Trinajstić information content (AvgIpc) is 3.40. The molecule has 3 saturated heterocycles. The Bertz CT molecular complexity index is 710. The number of carbonyl (C=O) groups excluding carboxylic acids is 2. The van der Waals surface area contributed by atoms with Crippen LogP contribution in [0.3, 0.4) is 0 Å². The molecule has 7 heteroatoms. The highest BCUT2D eigenvalue weighted by atomic mass is 16.6. The normalized spacial score (nSPS) is 34.9. The van der Waals surface area contributed by atoms with Crippen molar-refractivity contribution in [2.75, 3.05) is 39.3 Å². The first-order valence-corrected chi connectivity index (χ1v) is 13.1. The van der Waals surface area contributed by atoms with Gasteiger partial charge in [0.05, 0.1) is 6.61 Å². The molecule has 7 nitrogen and oxygen atoms in total. The number of ether oxygens (including phenoxy) is 1. The molecule has 0 radical (unpaired) electrons. The Morgan fingerprint density at radius 1 is 1.00 bits per heavy atom. The van der Waals surface area contributed by atoms with Gasteiger partial charge in [0.1, 0.15) is 0 Å². The zero-order valence-corrected chi connectivity index (χ0v) is 20.1. The SMILES string of the molecule is CCOC(=O)N1CCC2(CC(N3CCC([C@@H]4CCCN4C(=O)NC4(C)CCC4)CC3)C2)C1. The maximum absolute atomic E-state index is 13.0. The number of nitrogens with one attached hydrogen (secondary N) is 1. The summed E-state index contributed by atoms with van der Waals surface area (Å²) in [4.78, 5) is 31.8. The molecule has 180 valence electrons. The summed E-state index contributed by atoms with van der Waals surface area (Å²) >= 11 is 0. The summed E-state index contributed by atoms with van der Waals surface area (Å²) in [7, 11) is 0. The fraction of sp³-hybridized carbons (Fsp3) is 0.920. The van der Waals surface area contributed by atoms with Crippen LogP contribution in [0.4, 0.5) is 9.59 Å². The molecule has 5 aliphatic rings. The Morgan fingerprint density at radius 2 is 1.75 bits per heavy atom. The van der Waals surface area contributed by atoms with Crippen molar-refractivity contribution in [2.24, 2.45) is 11.3 Å². The van der Waals surface area contributed by atoms with Gasteiger partial charge in [0.15, 0.2) is 0 Å². The third-order valence-electron chi connectivity index (χ3n) is 9.36. The van der Waals surface area contributed by atoms with Crippen molar-refractivity contribution in [1.29, 1.82) is 0 Å². The van der Waals surface area contributed by atoms with Crippen LogP contribution in [0, 0.1) is 11.3 Å². The Kier molecular flexibility index (Phi) is 6.06. The second-order valence-electron chi connectivity index (χ2n) is 11.6. The summed E-state index contributed by atoms with van der Waals surface area (Å²) in [5.41, 5.74) is 0.378. The number of likely N-dealkylation sites (tertiary alicyclic amines) is 3. The van der Waals surface area contributed by atoms with Crippen LogP contribution in [0.1, 0.15) is 78.1 Å². The first-order valence-electron chi connectivity index (χ1n) is 13.1. The van der Waals surface area contributed by atoms with E-state index in [9.17, 15) is 9.59 Å². The molecule has 0 aromatic heterocycles. The minimum atomic E-state index is -0.134. The molecule has 1 atom stereocenters. The fourth-order valence-electron chi connectivity index (χ4n) is 7.20. The van der Waals surface area contributed by atoms with Crippen LogP contribution in [0.15, 0.2) is 0 Å². The molecule has 2 aliphatic carbocycles.